The average molecular weight is 225 g/mol. The normalized spacial score (nSPS) is 36.8. The molecule has 0 amide bonds. The number of rotatable bonds is 4. The molecular weight excluding hydrogens is 198 g/mol. The number of hydrogen-bond acceptors (Lipinski definition) is 3. The second kappa shape index (κ2) is 5.99. The lowest BCUT2D eigenvalue weighted by molar-refractivity contribution is 0.242. The molecule has 94 valence electrons. The average Bonchev–Trinajstić information content (AvgIpc) is 2.76. The summed E-state index contributed by atoms with van der Waals surface area (Å²) in [6.45, 7) is 5.98. The molecule has 0 aromatic carbocycles. The Labute approximate surface area is 99.8 Å². The summed E-state index contributed by atoms with van der Waals surface area (Å²) in [6, 6.07) is 2.00. The molecule has 3 heteroatoms. The molecule has 2 aliphatic rings. The third-order valence-electron chi connectivity index (χ3n) is 4.32. The molecule has 16 heavy (non-hydrogen) atoms. The van der Waals surface area contributed by atoms with Gasteiger partial charge in [0.05, 0.1) is 0 Å². The Morgan fingerprint density at radius 1 is 1.19 bits per heavy atom. The first kappa shape index (κ1) is 12.3. The molecule has 1 heterocycles. The minimum absolute atomic E-state index is 0.469. The van der Waals surface area contributed by atoms with Gasteiger partial charge in [-0.05, 0) is 51.6 Å². The van der Waals surface area contributed by atoms with Gasteiger partial charge in [-0.25, -0.2) is 0 Å². The van der Waals surface area contributed by atoms with E-state index in [9.17, 15) is 0 Å². The van der Waals surface area contributed by atoms with E-state index in [4.69, 9.17) is 5.73 Å². The lowest BCUT2D eigenvalue weighted by atomic mass is 9.91. The molecule has 2 rings (SSSR count). The number of likely N-dealkylation sites (tertiary alicyclic amines) is 1. The maximum absolute atomic E-state index is 5.92. The van der Waals surface area contributed by atoms with Crippen LogP contribution in [0, 0.1) is 0 Å². The van der Waals surface area contributed by atoms with Crippen molar-refractivity contribution in [3.63, 3.8) is 0 Å². The van der Waals surface area contributed by atoms with Crippen molar-refractivity contribution < 1.29 is 0 Å². The van der Waals surface area contributed by atoms with Gasteiger partial charge in [0.25, 0.3) is 0 Å². The van der Waals surface area contributed by atoms with Crippen molar-refractivity contribution >= 4 is 0 Å². The Morgan fingerprint density at radius 2 is 1.94 bits per heavy atom. The zero-order chi connectivity index (χ0) is 11.4. The highest BCUT2D eigenvalue weighted by atomic mass is 15.2. The van der Waals surface area contributed by atoms with Crippen molar-refractivity contribution in [3.05, 3.63) is 0 Å². The van der Waals surface area contributed by atoms with Gasteiger partial charge >= 0.3 is 0 Å². The molecule has 1 aliphatic carbocycles. The third-order valence-corrected chi connectivity index (χ3v) is 4.32. The molecule has 0 bridgehead atoms. The van der Waals surface area contributed by atoms with Crippen LogP contribution in [0.2, 0.25) is 0 Å². The lowest BCUT2D eigenvalue weighted by Crippen LogP contribution is -2.44. The predicted octanol–water partition coefficient (Wildman–Crippen LogP) is 1.33. The maximum atomic E-state index is 5.92. The number of likely N-dealkylation sites (N-methyl/N-ethyl adjacent to an activating group) is 1. The Bertz CT molecular complexity index is 199. The van der Waals surface area contributed by atoms with Gasteiger partial charge in [-0.15, -0.1) is 0 Å². The number of nitrogens with zero attached hydrogens (tertiary/aromatic N) is 1. The van der Waals surface area contributed by atoms with Gasteiger partial charge in [0.2, 0.25) is 0 Å². The monoisotopic (exact) mass is 225 g/mol. The van der Waals surface area contributed by atoms with Crippen LogP contribution in [0.5, 0.6) is 0 Å². The Kier molecular flexibility index (Phi) is 4.62. The second-order valence-electron chi connectivity index (χ2n) is 5.44. The lowest BCUT2D eigenvalue weighted by Gasteiger charge is -2.30. The molecule has 0 spiro atoms. The van der Waals surface area contributed by atoms with Crippen LogP contribution in [-0.2, 0) is 0 Å². The van der Waals surface area contributed by atoms with E-state index in [-0.39, 0.29) is 0 Å². The molecule has 2 fully saturated rings. The van der Waals surface area contributed by atoms with E-state index in [0.29, 0.717) is 6.04 Å². The largest absolute Gasteiger partial charge is 0.328 e. The van der Waals surface area contributed by atoms with Crippen LogP contribution >= 0.6 is 0 Å². The van der Waals surface area contributed by atoms with Crippen molar-refractivity contribution in [3.8, 4) is 0 Å². The first-order chi connectivity index (χ1) is 7.79. The molecule has 1 atom stereocenters. The maximum Gasteiger partial charge on any atom is 0.0221 e. The van der Waals surface area contributed by atoms with Crippen LogP contribution in [0.4, 0.5) is 0 Å². The number of hydrogen-bond donors (Lipinski definition) is 2. The Morgan fingerprint density at radius 3 is 2.62 bits per heavy atom. The van der Waals surface area contributed by atoms with E-state index in [0.717, 1.165) is 12.1 Å². The standard InChI is InChI=1S/C13H27N3/c1-2-16-9-3-4-13(16)10-15-12-7-5-11(14)6-8-12/h11-13,15H,2-10,14H2,1H3. The summed E-state index contributed by atoms with van der Waals surface area (Å²) in [4.78, 5) is 2.61. The summed E-state index contributed by atoms with van der Waals surface area (Å²) in [5.41, 5.74) is 5.92. The summed E-state index contributed by atoms with van der Waals surface area (Å²) in [5, 5.41) is 3.75. The SMILES string of the molecule is CCN1CCCC1CNC1CCC(N)CC1. The van der Waals surface area contributed by atoms with Crippen LogP contribution in [0.1, 0.15) is 45.4 Å². The van der Waals surface area contributed by atoms with Gasteiger partial charge in [0.1, 0.15) is 0 Å². The topological polar surface area (TPSA) is 41.3 Å². The highest BCUT2D eigenvalue weighted by Gasteiger charge is 2.24. The van der Waals surface area contributed by atoms with E-state index in [2.05, 4.69) is 17.1 Å². The summed E-state index contributed by atoms with van der Waals surface area (Å²) in [7, 11) is 0. The minimum Gasteiger partial charge on any atom is -0.328 e. The molecular formula is C13H27N3. The van der Waals surface area contributed by atoms with Crippen molar-refractivity contribution in [1.82, 2.24) is 10.2 Å². The Balaban J connectivity index is 1.67. The van der Waals surface area contributed by atoms with Crippen molar-refractivity contribution in [2.75, 3.05) is 19.6 Å². The van der Waals surface area contributed by atoms with E-state index >= 15 is 0 Å². The van der Waals surface area contributed by atoms with Crippen molar-refractivity contribution in [1.29, 1.82) is 0 Å². The van der Waals surface area contributed by atoms with Crippen LogP contribution in [0.3, 0.4) is 0 Å². The second-order valence-corrected chi connectivity index (χ2v) is 5.44. The number of nitrogens with two attached hydrogens (primary N) is 1. The predicted molar refractivity (Wildman–Crippen MR) is 68.5 cm³/mol. The van der Waals surface area contributed by atoms with Gasteiger partial charge in [-0.2, -0.15) is 0 Å². The van der Waals surface area contributed by atoms with Gasteiger partial charge in [-0.3, -0.25) is 4.90 Å². The quantitative estimate of drug-likeness (QED) is 0.758. The molecule has 1 saturated carbocycles. The first-order valence-corrected chi connectivity index (χ1v) is 7.02. The van der Waals surface area contributed by atoms with Crippen molar-refractivity contribution in [2.24, 2.45) is 5.73 Å². The first-order valence-electron chi connectivity index (χ1n) is 7.02. The molecule has 3 nitrogen and oxygen atoms in total. The van der Waals surface area contributed by atoms with E-state index in [1.807, 2.05) is 0 Å². The summed E-state index contributed by atoms with van der Waals surface area (Å²) in [5.74, 6) is 0. The minimum atomic E-state index is 0.469. The highest BCUT2D eigenvalue weighted by molar-refractivity contribution is 4.84. The van der Waals surface area contributed by atoms with Crippen LogP contribution < -0.4 is 11.1 Å². The fourth-order valence-electron chi connectivity index (χ4n) is 3.17. The molecule has 1 aliphatic heterocycles. The van der Waals surface area contributed by atoms with Crippen LogP contribution in [-0.4, -0.2) is 42.7 Å². The fourth-order valence-corrected chi connectivity index (χ4v) is 3.17. The van der Waals surface area contributed by atoms with Crippen LogP contribution in [0.15, 0.2) is 0 Å². The zero-order valence-electron chi connectivity index (χ0n) is 10.6. The third kappa shape index (κ3) is 3.19. The Hall–Kier alpha value is -0.120. The van der Waals surface area contributed by atoms with Gasteiger partial charge < -0.3 is 11.1 Å². The van der Waals surface area contributed by atoms with Crippen LogP contribution in [0.25, 0.3) is 0 Å². The van der Waals surface area contributed by atoms with Gasteiger partial charge in [-0.1, -0.05) is 6.92 Å². The van der Waals surface area contributed by atoms with Crippen molar-refractivity contribution in [2.45, 2.75) is 63.6 Å². The summed E-state index contributed by atoms with van der Waals surface area (Å²) >= 11 is 0. The summed E-state index contributed by atoms with van der Waals surface area (Å²) < 4.78 is 0. The highest BCUT2D eigenvalue weighted by Crippen LogP contribution is 2.19. The fraction of sp³-hybridized carbons (Fsp3) is 1.00. The zero-order valence-corrected chi connectivity index (χ0v) is 10.6. The molecule has 0 aromatic rings. The molecule has 3 N–H and O–H groups in total. The molecule has 1 saturated heterocycles. The van der Waals surface area contributed by atoms with E-state index in [1.165, 1.54) is 58.2 Å². The molecule has 0 radical (unpaired) electrons. The molecule has 1 unspecified atom stereocenters. The van der Waals surface area contributed by atoms with E-state index in [1.54, 1.807) is 0 Å². The van der Waals surface area contributed by atoms with Gasteiger partial charge in [0.15, 0.2) is 0 Å². The van der Waals surface area contributed by atoms with Gasteiger partial charge in [0, 0.05) is 24.7 Å². The summed E-state index contributed by atoms with van der Waals surface area (Å²) in [6.07, 6.45) is 7.74. The molecule has 0 aromatic heterocycles. The van der Waals surface area contributed by atoms with E-state index < -0.39 is 0 Å². The smallest absolute Gasteiger partial charge is 0.0221 e. The number of nitrogens with one attached hydrogen (secondary N) is 1.